The van der Waals surface area contributed by atoms with Crippen molar-refractivity contribution < 1.29 is 4.79 Å². The summed E-state index contributed by atoms with van der Waals surface area (Å²) < 4.78 is 0. The molecule has 0 heterocycles. The molecule has 2 N–H and O–H groups in total. The Labute approximate surface area is 24.6 Å². The van der Waals surface area contributed by atoms with Crippen molar-refractivity contribution in [2.24, 2.45) is 5.73 Å². The second-order valence-electron chi connectivity index (χ2n) is 0.364. The predicted molar refractivity (Wildman–Crippen MR) is 12.4 cm³/mol. The lowest BCUT2D eigenvalue weighted by molar-refractivity contribution is -0.113. The standard InChI is InChI=1S/C2H2NO/c1-2(3)4/h(H2,3,4). The fourth-order valence-corrected chi connectivity index (χ4v) is 0. The summed E-state index contributed by atoms with van der Waals surface area (Å²) in [6.07, 6.45) is 0. The monoisotopic (exact) mass is 56.0 g/mol. The second kappa shape index (κ2) is 0.875. The zero-order valence-electron chi connectivity index (χ0n) is 1.99. The van der Waals surface area contributed by atoms with Crippen LogP contribution in [0.2, 0.25) is 0 Å². The molecule has 0 rings (SSSR count). The van der Waals surface area contributed by atoms with Crippen molar-refractivity contribution >= 4 is 5.91 Å². The van der Waals surface area contributed by atoms with Gasteiger partial charge in [0, 0.05) is 0 Å². The number of rotatable bonds is 0. The first-order chi connectivity index (χ1) is 1.73. The number of amides is 1. The van der Waals surface area contributed by atoms with Gasteiger partial charge >= 0.3 is 0 Å². The van der Waals surface area contributed by atoms with Gasteiger partial charge in [-0.2, -0.15) is 0 Å². The average molecular weight is 56.0 g/mol. The predicted octanol–water partition coefficient (Wildman–Crippen LogP) is -0.940. The highest BCUT2D eigenvalue weighted by Gasteiger charge is 1.64. The van der Waals surface area contributed by atoms with Crippen LogP contribution in [-0.2, 0) is 4.79 Å². The molecule has 0 spiro atoms. The van der Waals surface area contributed by atoms with Gasteiger partial charge in [-0.3, -0.25) is 4.79 Å². The second-order valence-corrected chi connectivity index (χ2v) is 0.364. The number of nitrogens with two attached hydrogens (primary N) is 1. The first-order valence-corrected chi connectivity index (χ1v) is 0.743. The van der Waals surface area contributed by atoms with Crippen LogP contribution < -0.4 is 5.73 Å². The van der Waals surface area contributed by atoms with Crippen LogP contribution in [-0.4, -0.2) is 5.91 Å². The Bertz CT molecular complexity index is 29.0. The summed E-state index contributed by atoms with van der Waals surface area (Å²) in [5, 5.41) is 0. The van der Waals surface area contributed by atoms with Crippen molar-refractivity contribution in [3.63, 3.8) is 0 Å². The molecule has 0 aromatic carbocycles. The summed E-state index contributed by atoms with van der Waals surface area (Å²) in [6, 6.07) is 0. The van der Waals surface area contributed by atoms with Crippen molar-refractivity contribution in [1.82, 2.24) is 0 Å². The van der Waals surface area contributed by atoms with Crippen LogP contribution >= 0.6 is 0 Å². The van der Waals surface area contributed by atoms with Crippen molar-refractivity contribution in [3.8, 4) is 0 Å². The van der Waals surface area contributed by atoms with Gasteiger partial charge in [0.1, 0.15) is 0 Å². The molecule has 0 aliphatic rings. The summed E-state index contributed by atoms with van der Waals surface area (Å²) in [7, 11) is 0. The lowest BCUT2D eigenvalue weighted by Crippen LogP contribution is -2.02. The van der Waals surface area contributed by atoms with Gasteiger partial charge < -0.3 is 5.73 Å². The third kappa shape index (κ3) is 1.16. The zero-order valence-corrected chi connectivity index (χ0v) is 1.99. The quantitative estimate of drug-likeness (QED) is 0.382. The summed E-state index contributed by atoms with van der Waals surface area (Å²) in [4.78, 5) is 8.89. The van der Waals surface area contributed by atoms with Crippen molar-refractivity contribution in [2.45, 2.75) is 0 Å². The smallest absolute Gasteiger partial charge is 0.227 e. The van der Waals surface area contributed by atoms with Crippen LogP contribution in [0.4, 0.5) is 0 Å². The van der Waals surface area contributed by atoms with E-state index in [0.717, 1.165) is 0 Å². The number of carbonyl (C=O) groups excluding carboxylic acids is 1. The largest absolute Gasteiger partial charge is 0.369 e. The van der Waals surface area contributed by atoms with E-state index in [1.165, 1.54) is 0 Å². The Morgan fingerprint density at radius 2 is 2.00 bits per heavy atom. The highest BCUT2D eigenvalue weighted by Crippen LogP contribution is 1.31. The molecule has 4 heavy (non-hydrogen) atoms. The minimum atomic E-state index is -1.08. The van der Waals surface area contributed by atoms with Gasteiger partial charge in [0.15, 0.2) is 0 Å². The maximum atomic E-state index is 8.89. The topological polar surface area (TPSA) is 43.1 Å². The Kier molecular flexibility index (Phi) is 0.759. The summed E-state index contributed by atoms with van der Waals surface area (Å²) >= 11 is 0. The molecular formula is C2H2NO. The molecule has 0 bridgehead atoms. The van der Waals surface area contributed by atoms with Gasteiger partial charge in [-0.25, -0.2) is 0 Å². The van der Waals surface area contributed by atoms with E-state index in [9.17, 15) is 0 Å². The third-order valence-corrected chi connectivity index (χ3v) is 0. The van der Waals surface area contributed by atoms with Gasteiger partial charge in [0.25, 0.3) is 0 Å². The SMILES string of the molecule is [C]C(N)=O. The lowest BCUT2D eigenvalue weighted by atomic mass is 10.8. The maximum Gasteiger partial charge on any atom is 0.227 e. The van der Waals surface area contributed by atoms with Gasteiger partial charge in [-0.15, -0.1) is 0 Å². The van der Waals surface area contributed by atoms with E-state index < -0.39 is 5.91 Å². The minimum Gasteiger partial charge on any atom is -0.369 e. The van der Waals surface area contributed by atoms with Crippen LogP contribution in [0.5, 0.6) is 0 Å². The van der Waals surface area contributed by atoms with E-state index >= 15 is 0 Å². The van der Waals surface area contributed by atoms with Crippen LogP contribution in [0, 0.1) is 6.92 Å². The number of carbonyl (C=O) groups is 1. The van der Waals surface area contributed by atoms with Crippen LogP contribution in [0.15, 0.2) is 0 Å². The Hall–Kier alpha value is -0.530. The van der Waals surface area contributed by atoms with Crippen LogP contribution in [0.25, 0.3) is 0 Å². The molecular weight excluding hydrogens is 54.0 g/mol. The number of hydrogen-bond acceptors (Lipinski definition) is 1. The lowest BCUT2D eigenvalue weighted by Gasteiger charge is -1.58. The van der Waals surface area contributed by atoms with Crippen molar-refractivity contribution in [2.75, 3.05) is 0 Å². The van der Waals surface area contributed by atoms with Gasteiger partial charge in [-0.1, -0.05) is 0 Å². The fourth-order valence-electron chi connectivity index (χ4n) is 0. The molecule has 1 amide bonds. The molecule has 0 aromatic rings. The highest BCUT2D eigenvalue weighted by molar-refractivity contribution is 5.77. The Balaban J connectivity index is 2.80. The van der Waals surface area contributed by atoms with Gasteiger partial charge in [0.2, 0.25) is 5.91 Å². The van der Waals surface area contributed by atoms with E-state index in [2.05, 4.69) is 5.73 Å². The van der Waals surface area contributed by atoms with Gasteiger partial charge in [-0.05, 0) is 0 Å². The highest BCUT2D eigenvalue weighted by atomic mass is 16.1. The molecule has 0 aliphatic heterocycles. The molecule has 21 valence electrons. The first kappa shape index (κ1) is 3.47. The van der Waals surface area contributed by atoms with E-state index in [-0.39, 0.29) is 0 Å². The molecule has 2 nitrogen and oxygen atoms in total. The molecule has 0 aromatic heterocycles. The fraction of sp³-hybridized carbons (Fsp3) is 0. The Morgan fingerprint density at radius 3 is 2.00 bits per heavy atom. The summed E-state index contributed by atoms with van der Waals surface area (Å²) in [6.45, 7) is 5.72. The molecule has 0 aliphatic carbocycles. The molecule has 0 atom stereocenters. The first-order valence-electron chi connectivity index (χ1n) is 0.743. The number of primary amides is 1. The van der Waals surface area contributed by atoms with Crippen LogP contribution in [0.3, 0.4) is 0 Å². The van der Waals surface area contributed by atoms with E-state index in [4.69, 9.17) is 11.7 Å². The van der Waals surface area contributed by atoms with Crippen molar-refractivity contribution in [3.05, 3.63) is 6.92 Å². The van der Waals surface area contributed by atoms with E-state index in [0.29, 0.717) is 0 Å². The van der Waals surface area contributed by atoms with Crippen molar-refractivity contribution in [1.29, 1.82) is 0 Å². The molecule has 0 unspecified atom stereocenters. The average Bonchev–Trinajstić information content (AvgIpc) is 0.811. The molecule has 0 saturated carbocycles. The summed E-state index contributed by atoms with van der Waals surface area (Å²) in [5.74, 6) is -1.08. The minimum absolute atomic E-state index is 1.08. The Morgan fingerprint density at radius 1 is 2.00 bits per heavy atom. The normalized spacial score (nSPS) is 6.25. The van der Waals surface area contributed by atoms with Crippen LogP contribution in [0.1, 0.15) is 0 Å². The number of hydrogen-bond donors (Lipinski definition) is 1. The van der Waals surface area contributed by atoms with E-state index in [1.807, 2.05) is 0 Å². The van der Waals surface area contributed by atoms with E-state index in [1.54, 1.807) is 0 Å². The molecule has 0 saturated heterocycles. The molecule has 0 fully saturated rings. The zero-order chi connectivity index (χ0) is 3.58. The molecule has 3 radical (unpaired) electrons. The van der Waals surface area contributed by atoms with Gasteiger partial charge in [0.05, 0.1) is 6.92 Å². The maximum absolute atomic E-state index is 8.89. The molecule has 2 heteroatoms. The third-order valence-electron chi connectivity index (χ3n) is 0. The summed E-state index contributed by atoms with van der Waals surface area (Å²) in [5.41, 5.74) is 4.14.